The van der Waals surface area contributed by atoms with Crippen LogP contribution in [0.5, 0.6) is 0 Å². The van der Waals surface area contributed by atoms with E-state index >= 15 is 0 Å². The van der Waals surface area contributed by atoms with Gasteiger partial charge in [-0.3, -0.25) is 0 Å². The van der Waals surface area contributed by atoms with Gasteiger partial charge in [-0.2, -0.15) is 0 Å². The number of carboxylic acids is 1. The van der Waals surface area contributed by atoms with E-state index in [0.29, 0.717) is 5.02 Å². The van der Waals surface area contributed by atoms with E-state index in [0.717, 1.165) is 6.08 Å². The average Bonchev–Trinajstić information content (AvgIpc) is 2.25. The minimum atomic E-state index is -1.33. The van der Waals surface area contributed by atoms with Gasteiger partial charge in [-0.05, 0) is 23.8 Å². The fourth-order valence-electron chi connectivity index (χ4n) is 1.08. The summed E-state index contributed by atoms with van der Waals surface area (Å²) in [7, 11) is 1.23. The number of hydrogen-bond acceptors (Lipinski definition) is 4. The molecule has 1 rings (SSSR count). The number of hydrogen-bond donors (Lipinski definition) is 0. The third kappa shape index (κ3) is 3.10. The van der Waals surface area contributed by atoms with Crippen molar-refractivity contribution < 1.29 is 19.4 Å². The second-order valence-corrected chi connectivity index (χ2v) is 3.31. The minimum Gasteiger partial charge on any atom is -0.545 e. The second kappa shape index (κ2) is 5.32. The molecule has 0 saturated carbocycles. The summed E-state index contributed by atoms with van der Waals surface area (Å²) in [5.74, 6) is -1.91. The molecule has 5 heteroatoms. The van der Waals surface area contributed by atoms with Crippen LogP contribution >= 0.6 is 11.6 Å². The topological polar surface area (TPSA) is 66.4 Å². The van der Waals surface area contributed by atoms with Crippen LogP contribution in [0.2, 0.25) is 5.02 Å². The van der Waals surface area contributed by atoms with Gasteiger partial charge in [0.15, 0.2) is 0 Å². The van der Waals surface area contributed by atoms with Gasteiger partial charge in [-0.25, -0.2) is 4.79 Å². The molecule has 0 saturated heterocycles. The molecule has 0 N–H and O–H groups in total. The summed E-state index contributed by atoms with van der Waals surface area (Å²) in [5, 5.41) is 11.1. The smallest absolute Gasteiger partial charge is 0.330 e. The van der Waals surface area contributed by atoms with Crippen LogP contribution in [0.15, 0.2) is 24.3 Å². The zero-order chi connectivity index (χ0) is 12.1. The Bertz CT molecular complexity index is 451. The Morgan fingerprint density at radius 3 is 2.69 bits per heavy atom. The first-order chi connectivity index (χ1) is 7.54. The van der Waals surface area contributed by atoms with Crippen LogP contribution < -0.4 is 5.11 Å². The Labute approximate surface area is 97.1 Å². The summed E-state index contributed by atoms with van der Waals surface area (Å²) in [5.41, 5.74) is 0.252. The highest BCUT2D eigenvalue weighted by Crippen LogP contribution is 2.17. The van der Waals surface area contributed by atoms with Crippen molar-refractivity contribution in [2.45, 2.75) is 0 Å². The summed E-state index contributed by atoms with van der Waals surface area (Å²) >= 11 is 5.71. The maximum absolute atomic E-state index is 10.8. The van der Waals surface area contributed by atoms with Crippen LogP contribution in [0.1, 0.15) is 15.9 Å². The predicted molar refractivity (Wildman–Crippen MR) is 56.8 cm³/mol. The number of benzene rings is 1. The molecule has 4 nitrogen and oxygen atoms in total. The third-order valence-electron chi connectivity index (χ3n) is 1.83. The minimum absolute atomic E-state index is 0.0375. The molecule has 1 aromatic rings. The second-order valence-electron chi connectivity index (χ2n) is 2.88. The molecule has 0 aromatic heterocycles. The molecule has 0 bridgehead atoms. The molecule has 0 aliphatic rings. The molecule has 0 aliphatic carbocycles. The molecule has 0 fully saturated rings. The van der Waals surface area contributed by atoms with E-state index in [4.69, 9.17) is 11.6 Å². The maximum Gasteiger partial charge on any atom is 0.330 e. The molecular formula is C11H8ClO4-. The fraction of sp³-hybridized carbons (Fsp3) is 0.0909. The largest absolute Gasteiger partial charge is 0.545 e. The number of carbonyl (C=O) groups is 2. The zero-order valence-corrected chi connectivity index (χ0v) is 9.15. The number of aromatic carboxylic acids is 1. The number of rotatable bonds is 3. The first kappa shape index (κ1) is 12.3. The standard InChI is InChI=1S/C11H9ClO4/c1-16-10(13)5-2-7-6-8(12)3-4-9(7)11(14)15/h2-6H,1H3,(H,14,15)/p-1/b5-2+. The van der Waals surface area contributed by atoms with Gasteiger partial charge in [0.1, 0.15) is 0 Å². The van der Waals surface area contributed by atoms with E-state index in [2.05, 4.69) is 4.74 Å². The van der Waals surface area contributed by atoms with Crippen LogP contribution in [0.25, 0.3) is 6.08 Å². The quantitative estimate of drug-likeness (QED) is 0.580. The van der Waals surface area contributed by atoms with E-state index in [9.17, 15) is 14.7 Å². The maximum atomic E-state index is 10.8. The number of ether oxygens (including phenoxy) is 1. The first-order valence-corrected chi connectivity index (χ1v) is 4.69. The van der Waals surface area contributed by atoms with Crippen molar-refractivity contribution in [3.8, 4) is 0 Å². The van der Waals surface area contributed by atoms with Crippen molar-refractivity contribution in [2.75, 3.05) is 7.11 Å². The van der Waals surface area contributed by atoms with Crippen molar-refractivity contribution in [1.82, 2.24) is 0 Å². The molecule has 16 heavy (non-hydrogen) atoms. The molecule has 0 radical (unpaired) electrons. The molecule has 0 unspecified atom stereocenters. The lowest BCUT2D eigenvalue weighted by atomic mass is 10.1. The van der Waals surface area contributed by atoms with Gasteiger partial charge in [0.25, 0.3) is 0 Å². The van der Waals surface area contributed by atoms with Crippen LogP contribution in [-0.4, -0.2) is 19.0 Å². The van der Waals surface area contributed by atoms with Gasteiger partial charge in [0.2, 0.25) is 0 Å². The number of halogens is 1. The van der Waals surface area contributed by atoms with Gasteiger partial charge >= 0.3 is 5.97 Å². The average molecular weight is 240 g/mol. The third-order valence-corrected chi connectivity index (χ3v) is 2.07. The van der Waals surface area contributed by atoms with Gasteiger partial charge < -0.3 is 14.6 Å². The van der Waals surface area contributed by atoms with E-state index < -0.39 is 11.9 Å². The Morgan fingerprint density at radius 2 is 2.12 bits per heavy atom. The van der Waals surface area contributed by atoms with Crippen LogP contribution in [0, 0.1) is 0 Å². The lowest BCUT2D eigenvalue weighted by molar-refractivity contribution is -0.255. The Morgan fingerprint density at radius 1 is 1.44 bits per heavy atom. The van der Waals surface area contributed by atoms with Crippen LogP contribution in [0.4, 0.5) is 0 Å². The highest BCUT2D eigenvalue weighted by atomic mass is 35.5. The van der Waals surface area contributed by atoms with Gasteiger partial charge in [-0.15, -0.1) is 0 Å². The summed E-state index contributed by atoms with van der Waals surface area (Å²) in [6.07, 6.45) is 2.42. The molecule has 84 valence electrons. The fourth-order valence-corrected chi connectivity index (χ4v) is 1.26. The molecule has 0 atom stereocenters. The molecular weight excluding hydrogens is 232 g/mol. The molecule has 0 amide bonds. The van der Waals surface area contributed by atoms with Crippen molar-refractivity contribution in [1.29, 1.82) is 0 Å². The van der Waals surface area contributed by atoms with Crippen molar-refractivity contribution in [3.63, 3.8) is 0 Å². The highest BCUT2D eigenvalue weighted by Gasteiger charge is 2.02. The SMILES string of the molecule is COC(=O)/C=C/c1cc(Cl)ccc1C(=O)[O-]. The summed E-state index contributed by atoms with van der Waals surface area (Å²) < 4.78 is 4.38. The normalized spacial score (nSPS) is 10.4. The Hall–Kier alpha value is -1.81. The molecule has 1 aromatic carbocycles. The zero-order valence-electron chi connectivity index (χ0n) is 8.40. The monoisotopic (exact) mass is 239 g/mol. The number of esters is 1. The number of carbonyl (C=O) groups excluding carboxylic acids is 2. The number of carboxylic acid groups (broad SMARTS) is 1. The summed E-state index contributed by atoms with van der Waals surface area (Å²) in [6, 6.07) is 4.17. The van der Waals surface area contributed by atoms with E-state index in [1.807, 2.05) is 0 Å². The predicted octanol–water partition coefficient (Wildman–Crippen LogP) is 0.890. The van der Waals surface area contributed by atoms with Gasteiger partial charge in [0.05, 0.1) is 13.1 Å². The van der Waals surface area contributed by atoms with E-state index in [1.54, 1.807) is 0 Å². The van der Waals surface area contributed by atoms with Gasteiger partial charge in [0, 0.05) is 16.7 Å². The van der Waals surface area contributed by atoms with Gasteiger partial charge in [-0.1, -0.05) is 17.7 Å². The Kier molecular flexibility index (Phi) is 4.08. The van der Waals surface area contributed by atoms with E-state index in [1.165, 1.54) is 31.4 Å². The summed E-state index contributed by atoms with van der Waals surface area (Å²) in [6.45, 7) is 0. The van der Waals surface area contributed by atoms with Crippen molar-refractivity contribution in [2.24, 2.45) is 0 Å². The van der Waals surface area contributed by atoms with Crippen LogP contribution in [0.3, 0.4) is 0 Å². The molecule has 0 heterocycles. The molecule has 0 spiro atoms. The first-order valence-electron chi connectivity index (χ1n) is 4.31. The van der Waals surface area contributed by atoms with Crippen molar-refractivity contribution >= 4 is 29.6 Å². The van der Waals surface area contributed by atoms with E-state index in [-0.39, 0.29) is 11.1 Å². The lowest BCUT2D eigenvalue weighted by Crippen LogP contribution is -2.23. The van der Waals surface area contributed by atoms with Crippen molar-refractivity contribution in [3.05, 3.63) is 40.4 Å². The molecule has 0 aliphatic heterocycles. The lowest BCUT2D eigenvalue weighted by Gasteiger charge is -2.06. The highest BCUT2D eigenvalue weighted by molar-refractivity contribution is 6.30. The Balaban J connectivity index is 3.10. The summed E-state index contributed by atoms with van der Waals surface area (Å²) in [4.78, 5) is 21.6. The number of methoxy groups -OCH3 is 1. The van der Waals surface area contributed by atoms with Crippen LogP contribution in [-0.2, 0) is 9.53 Å².